The van der Waals surface area contributed by atoms with Crippen LogP contribution in [0.25, 0.3) is 0 Å². The molecular formula is C17H26ClFN2. The molecule has 118 valence electrons. The molecule has 0 heterocycles. The van der Waals surface area contributed by atoms with E-state index in [4.69, 9.17) is 17.3 Å². The van der Waals surface area contributed by atoms with E-state index >= 15 is 0 Å². The Balaban J connectivity index is 2.22. The van der Waals surface area contributed by atoms with Gasteiger partial charge in [-0.05, 0) is 57.1 Å². The Labute approximate surface area is 132 Å². The fourth-order valence-corrected chi connectivity index (χ4v) is 3.81. The summed E-state index contributed by atoms with van der Waals surface area (Å²) < 4.78 is 14.0. The molecule has 1 atom stereocenters. The van der Waals surface area contributed by atoms with Gasteiger partial charge in [0, 0.05) is 16.6 Å². The minimum absolute atomic E-state index is 0.0365. The Morgan fingerprint density at radius 1 is 1.24 bits per heavy atom. The molecule has 0 radical (unpaired) electrons. The predicted octanol–water partition coefficient (Wildman–Crippen LogP) is 4.00. The third-order valence-electron chi connectivity index (χ3n) is 5.00. The largest absolute Gasteiger partial charge is 0.326 e. The number of rotatable bonds is 4. The normalized spacial score (nSPS) is 20.3. The molecule has 1 aliphatic carbocycles. The first-order valence-electron chi connectivity index (χ1n) is 7.82. The summed E-state index contributed by atoms with van der Waals surface area (Å²) in [5, 5.41) is 0.568. The van der Waals surface area contributed by atoms with Crippen LogP contribution in [0.1, 0.15) is 44.1 Å². The van der Waals surface area contributed by atoms with Crippen molar-refractivity contribution >= 4 is 11.6 Å². The molecule has 2 nitrogen and oxygen atoms in total. The van der Waals surface area contributed by atoms with Gasteiger partial charge >= 0.3 is 0 Å². The van der Waals surface area contributed by atoms with Crippen molar-refractivity contribution in [2.45, 2.75) is 56.5 Å². The summed E-state index contributed by atoms with van der Waals surface area (Å²) in [6, 6.07) is 4.63. The zero-order valence-corrected chi connectivity index (χ0v) is 13.8. The second-order valence-corrected chi connectivity index (χ2v) is 6.90. The molecule has 0 saturated heterocycles. The fraction of sp³-hybridized carbons (Fsp3) is 0.647. The summed E-state index contributed by atoms with van der Waals surface area (Å²) in [6.45, 7) is 0. The molecule has 1 saturated carbocycles. The molecule has 2 rings (SSSR count). The van der Waals surface area contributed by atoms with Crippen molar-refractivity contribution in [3.63, 3.8) is 0 Å². The summed E-state index contributed by atoms with van der Waals surface area (Å²) in [5.74, 6) is -0.211. The Morgan fingerprint density at radius 2 is 1.86 bits per heavy atom. The maximum Gasteiger partial charge on any atom is 0.126 e. The van der Waals surface area contributed by atoms with E-state index < -0.39 is 0 Å². The van der Waals surface area contributed by atoms with Gasteiger partial charge in [-0.2, -0.15) is 0 Å². The molecule has 0 spiro atoms. The molecular weight excluding hydrogens is 287 g/mol. The lowest BCUT2D eigenvalue weighted by Crippen LogP contribution is -2.58. The van der Waals surface area contributed by atoms with E-state index in [2.05, 4.69) is 19.0 Å². The molecule has 1 fully saturated rings. The van der Waals surface area contributed by atoms with Crippen molar-refractivity contribution in [3.05, 3.63) is 34.6 Å². The fourth-order valence-electron chi connectivity index (χ4n) is 3.62. The van der Waals surface area contributed by atoms with Crippen molar-refractivity contribution in [1.29, 1.82) is 0 Å². The summed E-state index contributed by atoms with van der Waals surface area (Å²) >= 11 is 5.99. The molecule has 1 aromatic carbocycles. The van der Waals surface area contributed by atoms with Gasteiger partial charge < -0.3 is 10.6 Å². The summed E-state index contributed by atoms with van der Waals surface area (Å²) in [7, 11) is 4.19. The van der Waals surface area contributed by atoms with Crippen LogP contribution in [0.5, 0.6) is 0 Å². The number of hydrogen-bond acceptors (Lipinski definition) is 2. The van der Waals surface area contributed by atoms with Crippen LogP contribution in [0.2, 0.25) is 5.02 Å². The van der Waals surface area contributed by atoms with Gasteiger partial charge in [0.25, 0.3) is 0 Å². The third-order valence-corrected chi connectivity index (χ3v) is 5.23. The van der Waals surface area contributed by atoms with Crippen molar-refractivity contribution in [2.75, 3.05) is 14.1 Å². The molecule has 0 aromatic heterocycles. The molecule has 21 heavy (non-hydrogen) atoms. The van der Waals surface area contributed by atoms with E-state index in [9.17, 15) is 4.39 Å². The van der Waals surface area contributed by atoms with Crippen LogP contribution >= 0.6 is 11.6 Å². The Morgan fingerprint density at radius 3 is 2.43 bits per heavy atom. The van der Waals surface area contributed by atoms with Crippen LogP contribution < -0.4 is 5.73 Å². The second kappa shape index (κ2) is 7.08. The van der Waals surface area contributed by atoms with Crippen LogP contribution in [-0.2, 0) is 6.42 Å². The minimum Gasteiger partial charge on any atom is -0.326 e. The lowest BCUT2D eigenvalue weighted by molar-refractivity contribution is 0.0964. The first-order valence-corrected chi connectivity index (χ1v) is 8.20. The van der Waals surface area contributed by atoms with Crippen LogP contribution in [0.15, 0.2) is 18.2 Å². The third kappa shape index (κ3) is 3.77. The quantitative estimate of drug-likeness (QED) is 0.851. The predicted molar refractivity (Wildman–Crippen MR) is 87.2 cm³/mol. The number of nitrogens with zero attached hydrogens (tertiary/aromatic N) is 1. The number of nitrogens with two attached hydrogens (primary N) is 1. The number of hydrogen-bond donors (Lipinski definition) is 1. The van der Waals surface area contributed by atoms with Crippen molar-refractivity contribution < 1.29 is 4.39 Å². The highest BCUT2D eigenvalue weighted by atomic mass is 35.5. The first kappa shape index (κ1) is 16.7. The molecule has 2 N–H and O–H groups in total. The Hall–Kier alpha value is -0.640. The van der Waals surface area contributed by atoms with Crippen molar-refractivity contribution in [3.8, 4) is 0 Å². The molecule has 1 aromatic rings. The highest BCUT2D eigenvalue weighted by molar-refractivity contribution is 6.30. The summed E-state index contributed by atoms with van der Waals surface area (Å²) in [5.41, 5.74) is 7.14. The lowest BCUT2D eigenvalue weighted by Gasteiger charge is -2.44. The lowest BCUT2D eigenvalue weighted by atomic mass is 9.79. The van der Waals surface area contributed by atoms with Gasteiger partial charge in [0.05, 0.1) is 0 Å². The Bertz CT molecular complexity index is 468. The number of benzene rings is 1. The smallest absolute Gasteiger partial charge is 0.126 e. The standard InChI is InChI=1S/C17H26ClFN2/c1-21(2)17(9-5-3-4-6-10-17)16(20)12-13-11-14(18)7-8-15(13)19/h7-8,11,16H,3-6,9-10,12,20H2,1-2H3. The maximum atomic E-state index is 14.0. The van der Waals surface area contributed by atoms with Crippen LogP contribution in [0, 0.1) is 5.82 Å². The van der Waals surface area contributed by atoms with Crippen molar-refractivity contribution in [1.82, 2.24) is 4.90 Å². The van der Waals surface area contributed by atoms with E-state index in [0.717, 1.165) is 12.8 Å². The second-order valence-electron chi connectivity index (χ2n) is 6.46. The minimum atomic E-state index is -0.211. The van der Waals surface area contributed by atoms with Gasteiger partial charge in [0.15, 0.2) is 0 Å². The van der Waals surface area contributed by atoms with Gasteiger partial charge in [0.1, 0.15) is 5.82 Å². The van der Waals surface area contributed by atoms with E-state index in [1.54, 1.807) is 12.1 Å². The molecule has 1 aliphatic rings. The topological polar surface area (TPSA) is 29.3 Å². The van der Waals surface area contributed by atoms with E-state index in [-0.39, 0.29) is 17.4 Å². The summed E-state index contributed by atoms with van der Waals surface area (Å²) in [6.07, 6.45) is 7.65. The zero-order chi connectivity index (χ0) is 15.5. The molecule has 0 amide bonds. The van der Waals surface area contributed by atoms with Crippen LogP contribution in [-0.4, -0.2) is 30.6 Å². The zero-order valence-electron chi connectivity index (χ0n) is 13.0. The molecule has 0 bridgehead atoms. The Kier molecular flexibility index (Phi) is 5.64. The molecule has 4 heteroatoms. The monoisotopic (exact) mass is 312 g/mol. The SMILES string of the molecule is CN(C)C1(C(N)Cc2cc(Cl)ccc2F)CCCCCC1. The summed E-state index contributed by atoms with van der Waals surface area (Å²) in [4.78, 5) is 2.26. The van der Waals surface area contributed by atoms with Gasteiger partial charge in [0.2, 0.25) is 0 Å². The first-order chi connectivity index (χ1) is 9.95. The van der Waals surface area contributed by atoms with Gasteiger partial charge in [-0.1, -0.05) is 37.3 Å². The number of halogens is 2. The number of likely N-dealkylation sites (N-methyl/N-ethyl adjacent to an activating group) is 1. The van der Waals surface area contributed by atoms with Crippen LogP contribution in [0.3, 0.4) is 0 Å². The van der Waals surface area contributed by atoms with Gasteiger partial charge in [-0.25, -0.2) is 4.39 Å². The van der Waals surface area contributed by atoms with Gasteiger partial charge in [-0.3, -0.25) is 0 Å². The van der Waals surface area contributed by atoms with E-state index in [0.29, 0.717) is 17.0 Å². The average molecular weight is 313 g/mol. The van der Waals surface area contributed by atoms with Gasteiger partial charge in [-0.15, -0.1) is 0 Å². The maximum absolute atomic E-state index is 14.0. The molecule has 0 aliphatic heterocycles. The van der Waals surface area contributed by atoms with E-state index in [1.807, 2.05) is 0 Å². The van der Waals surface area contributed by atoms with E-state index in [1.165, 1.54) is 31.7 Å². The highest BCUT2D eigenvalue weighted by Crippen LogP contribution is 2.34. The average Bonchev–Trinajstić information content (AvgIpc) is 2.69. The molecule has 1 unspecified atom stereocenters. The highest BCUT2D eigenvalue weighted by Gasteiger charge is 2.39. The van der Waals surface area contributed by atoms with Crippen LogP contribution in [0.4, 0.5) is 4.39 Å². The van der Waals surface area contributed by atoms with Crippen molar-refractivity contribution in [2.24, 2.45) is 5.73 Å².